The lowest BCUT2D eigenvalue weighted by Crippen LogP contribution is -2.27. The quantitative estimate of drug-likeness (QED) is 0.900. The van der Waals surface area contributed by atoms with Gasteiger partial charge in [0.1, 0.15) is 5.82 Å². The van der Waals surface area contributed by atoms with Gasteiger partial charge in [0.25, 0.3) is 0 Å². The number of para-hydroxylation sites is 1. The predicted octanol–water partition coefficient (Wildman–Crippen LogP) is 3.73. The van der Waals surface area contributed by atoms with Gasteiger partial charge in [-0.25, -0.2) is 4.39 Å². The molecule has 110 valence electrons. The van der Waals surface area contributed by atoms with Gasteiger partial charge >= 0.3 is 0 Å². The van der Waals surface area contributed by atoms with E-state index in [0.29, 0.717) is 11.6 Å². The normalized spacial score (nSPS) is 18.8. The summed E-state index contributed by atoms with van der Waals surface area (Å²) < 4.78 is 13.5. The number of benzene rings is 2. The second kappa shape index (κ2) is 6.72. The molecule has 21 heavy (non-hydrogen) atoms. The number of halogens is 1. The number of hydrogen-bond donors (Lipinski definition) is 1. The Morgan fingerprint density at radius 1 is 1.05 bits per heavy atom. The van der Waals surface area contributed by atoms with Gasteiger partial charge in [-0.2, -0.15) is 0 Å². The van der Waals surface area contributed by atoms with Gasteiger partial charge in [0.15, 0.2) is 0 Å². The number of hydrogen-bond acceptors (Lipinski definition) is 2. The Kier molecular flexibility index (Phi) is 4.51. The molecule has 0 aromatic heterocycles. The Morgan fingerprint density at radius 3 is 2.62 bits per heavy atom. The highest BCUT2D eigenvalue weighted by Gasteiger charge is 2.23. The predicted molar refractivity (Wildman–Crippen MR) is 85.1 cm³/mol. The molecule has 0 bridgehead atoms. The number of nitrogens with one attached hydrogen (secondary N) is 1. The third-order valence-electron chi connectivity index (χ3n) is 4.16. The zero-order chi connectivity index (χ0) is 14.5. The third kappa shape index (κ3) is 3.61. The Morgan fingerprint density at radius 2 is 1.81 bits per heavy atom. The molecule has 0 radical (unpaired) electrons. The molecule has 1 saturated heterocycles. The van der Waals surface area contributed by atoms with Crippen LogP contribution in [-0.2, 0) is 0 Å². The highest BCUT2D eigenvalue weighted by Crippen LogP contribution is 2.26. The van der Waals surface area contributed by atoms with Gasteiger partial charge in [0.05, 0.1) is 5.69 Å². The Bertz CT molecular complexity index is 570. The lowest BCUT2D eigenvalue weighted by molar-refractivity contribution is 0.347. The van der Waals surface area contributed by atoms with Crippen LogP contribution in [0.1, 0.15) is 17.9 Å². The van der Waals surface area contributed by atoms with Crippen molar-refractivity contribution in [2.24, 2.45) is 0 Å². The fraction of sp³-hybridized carbons (Fsp3) is 0.333. The summed E-state index contributed by atoms with van der Waals surface area (Å²) in [5.74, 6) is 0.459. The monoisotopic (exact) mass is 284 g/mol. The molecule has 0 amide bonds. The number of rotatable bonds is 5. The fourth-order valence-electron chi connectivity index (χ4n) is 2.99. The minimum atomic E-state index is -0.180. The van der Waals surface area contributed by atoms with Crippen LogP contribution in [0, 0.1) is 5.82 Å². The van der Waals surface area contributed by atoms with E-state index in [1.54, 1.807) is 12.1 Å². The topological polar surface area (TPSA) is 15.3 Å². The molecule has 2 aromatic rings. The Labute approximate surface area is 125 Å². The van der Waals surface area contributed by atoms with Gasteiger partial charge in [-0.15, -0.1) is 0 Å². The third-order valence-corrected chi connectivity index (χ3v) is 4.16. The van der Waals surface area contributed by atoms with E-state index in [1.165, 1.54) is 18.1 Å². The van der Waals surface area contributed by atoms with Gasteiger partial charge in [-0.05, 0) is 36.6 Å². The van der Waals surface area contributed by atoms with Crippen molar-refractivity contribution >= 4 is 5.69 Å². The lowest BCUT2D eigenvalue weighted by Gasteiger charge is -2.17. The second-order valence-electron chi connectivity index (χ2n) is 5.60. The first-order valence-electron chi connectivity index (χ1n) is 7.58. The van der Waals surface area contributed by atoms with Crippen LogP contribution >= 0.6 is 0 Å². The van der Waals surface area contributed by atoms with Gasteiger partial charge in [-0.1, -0.05) is 42.5 Å². The van der Waals surface area contributed by atoms with E-state index in [-0.39, 0.29) is 5.82 Å². The van der Waals surface area contributed by atoms with E-state index >= 15 is 0 Å². The minimum absolute atomic E-state index is 0.180. The van der Waals surface area contributed by atoms with Gasteiger partial charge in [0.2, 0.25) is 0 Å². The first kappa shape index (κ1) is 14.1. The first-order chi connectivity index (χ1) is 10.3. The smallest absolute Gasteiger partial charge is 0.146 e. The zero-order valence-electron chi connectivity index (χ0n) is 12.1. The van der Waals surface area contributed by atoms with Crippen molar-refractivity contribution in [3.05, 3.63) is 66.0 Å². The van der Waals surface area contributed by atoms with Gasteiger partial charge in [0, 0.05) is 19.6 Å². The average molecular weight is 284 g/mol. The SMILES string of the molecule is Fc1ccccc1NCCN1CCC(c2ccccc2)C1. The maximum Gasteiger partial charge on any atom is 0.146 e. The van der Waals surface area contributed by atoms with E-state index in [4.69, 9.17) is 0 Å². The van der Waals surface area contributed by atoms with E-state index in [0.717, 1.165) is 26.2 Å². The molecular formula is C18H21FN2. The van der Waals surface area contributed by atoms with Crippen molar-refractivity contribution in [1.82, 2.24) is 4.90 Å². The molecule has 0 aliphatic carbocycles. The summed E-state index contributed by atoms with van der Waals surface area (Å²) in [6, 6.07) is 17.6. The number of anilines is 1. The van der Waals surface area contributed by atoms with Crippen LogP contribution in [0.15, 0.2) is 54.6 Å². The summed E-state index contributed by atoms with van der Waals surface area (Å²) in [6.45, 7) is 3.96. The highest BCUT2D eigenvalue weighted by molar-refractivity contribution is 5.44. The van der Waals surface area contributed by atoms with Crippen molar-refractivity contribution < 1.29 is 4.39 Å². The van der Waals surface area contributed by atoms with Crippen molar-refractivity contribution in [2.75, 3.05) is 31.5 Å². The van der Waals surface area contributed by atoms with Crippen LogP contribution in [0.2, 0.25) is 0 Å². The van der Waals surface area contributed by atoms with Gasteiger partial charge < -0.3 is 10.2 Å². The van der Waals surface area contributed by atoms with E-state index in [9.17, 15) is 4.39 Å². The molecule has 2 nitrogen and oxygen atoms in total. The summed E-state index contributed by atoms with van der Waals surface area (Å²) in [5, 5.41) is 3.18. The molecule has 1 fully saturated rings. The summed E-state index contributed by atoms with van der Waals surface area (Å²) in [7, 11) is 0. The summed E-state index contributed by atoms with van der Waals surface area (Å²) in [4.78, 5) is 2.45. The highest BCUT2D eigenvalue weighted by atomic mass is 19.1. The molecule has 1 unspecified atom stereocenters. The number of likely N-dealkylation sites (tertiary alicyclic amines) is 1. The molecule has 3 heteroatoms. The molecule has 2 aromatic carbocycles. The van der Waals surface area contributed by atoms with Crippen LogP contribution < -0.4 is 5.32 Å². The standard InChI is InChI=1S/C18H21FN2/c19-17-8-4-5-9-18(17)20-11-13-21-12-10-16(14-21)15-6-2-1-3-7-15/h1-9,16,20H,10-14H2. The molecule has 1 heterocycles. The van der Waals surface area contributed by atoms with Crippen LogP contribution in [-0.4, -0.2) is 31.1 Å². The number of nitrogens with zero attached hydrogens (tertiary/aromatic N) is 1. The van der Waals surface area contributed by atoms with Crippen LogP contribution in [0.25, 0.3) is 0 Å². The Balaban J connectivity index is 1.46. The average Bonchev–Trinajstić information content (AvgIpc) is 2.99. The summed E-state index contributed by atoms with van der Waals surface area (Å²) in [5.41, 5.74) is 2.03. The molecule has 1 atom stereocenters. The maximum atomic E-state index is 13.5. The molecule has 1 aliphatic rings. The molecule has 0 saturated carbocycles. The van der Waals surface area contributed by atoms with Crippen LogP contribution in [0.3, 0.4) is 0 Å². The van der Waals surface area contributed by atoms with Crippen LogP contribution in [0.4, 0.5) is 10.1 Å². The molecule has 1 N–H and O–H groups in total. The van der Waals surface area contributed by atoms with Crippen molar-refractivity contribution in [3.63, 3.8) is 0 Å². The largest absolute Gasteiger partial charge is 0.381 e. The maximum absolute atomic E-state index is 13.5. The summed E-state index contributed by atoms with van der Waals surface area (Å²) in [6.07, 6.45) is 1.21. The lowest BCUT2D eigenvalue weighted by atomic mass is 9.99. The molecule has 3 rings (SSSR count). The van der Waals surface area contributed by atoms with E-state index < -0.39 is 0 Å². The molecular weight excluding hydrogens is 263 g/mol. The molecule has 0 spiro atoms. The second-order valence-corrected chi connectivity index (χ2v) is 5.60. The zero-order valence-corrected chi connectivity index (χ0v) is 12.1. The minimum Gasteiger partial charge on any atom is -0.381 e. The summed E-state index contributed by atoms with van der Waals surface area (Å²) >= 11 is 0. The Hall–Kier alpha value is -1.87. The van der Waals surface area contributed by atoms with Gasteiger partial charge in [-0.3, -0.25) is 0 Å². The van der Waals surface area contributed by atoms with Crippen LogP contribution in [0.5, 0.6) is 0 Å². The van der Waals surface area contributed by atoms with Crippen molar-refractivity contribution in [2.45, 2.75) is 12.3 Å². The van der Waals surface area contributed by atoms with Crippen molar-refractivity contribution in [3.8, 4) is 0 Å². The fourth-order valence-corrected chi connectivity index (χ4v) is 2.99. The molecule has 1 aliphatic heterocycles. The van der Waals surface area contributed by atoms with E-state index in [2.05, 4.69) is 40.5 Å². The van der Waals surface area contributed by atoms with E-state index in [1.807, 2.05) is 6.07 Å². The first-order valence-corrected chi connectivity index (χ1v) is 7.58. The van der Waals surface area contributed by atoms with Crippen molar-refractivity contribution in [1.29, 1.82) is 0 Å².